The van der Waals surface area contributed by atoms with E-state index in [0.717, 1.165) is 12.6 Å². The van der Waals surface area contributed by atoms with E-state index in [-0.39, 0.29) is 0 Å². The molecule has 0 bridgehead atoms. The van der Waals surface area contributed by atoms with Crippen LogP contribution in [0.3, 0.4) is 0 Å². The van der Waals surface area contributed by atoms with Crippen molar-refractivity contribution in [3.05, 3.63) is 52.0 Å². The third-order valence-electron chi connectivity index (χ3n) is 5.24. The van der Waals surface area contributed by atoms with Gasteiger partial charge in [0.15, 0.2) is 0 Å². The smallest absolute Gasteiger partial charge is 0.0798 e. The van der Waals surface area contributed by atoms with Gasteiger partial charge in [-0.2, -0.15) is 0 Å². The fourth-order valence-corrected chi connectivity index (χ4v) is 4.48. The number of likely N-dealkylation sites (tertiary alicyclic amines) is 1. The van der Waals surface area contributed by atoms with Crippen LogP contribution in [0.1, 0.15) is 47.9 Å². The Hall–Kier alpha value is -1.23. The van der Waals surface area contributed by atoms with Crippen molar-refractivity contribution in [2.24, 2.45) is 0 Å². The summed E-state index contributed by atoms with van der Waals surface area (Å²) in [6.07, 6.45) is 5.26. The topological polar surface area (TPSA) is 28.2 Å². The number of hydrogen-bond acceptors (Lipinski definition) is 4. The molecule has 1 aliphatic heterocycles. The molecule has 4 heteroatoms. The van der Waals surface area contributed by atoms with Crippen molar-refractivity contribution in [2.45, 2.75) is 57.3 Å². The molecule has 1 aromatic carbocycles. The Balaban J connectivity index is 1.44. The second-order valence-corrected chi connectivity index (χ2v) is 7.80. The molecule has 2 aromatic rings. The van der Waals surface area contributed by atoms with Crippen molar-refractivity contribution in [2.75, 3.05) is 6.54 Å². The molecule has 2 atom stereocenters. The lowest BCUT2D eigenvalue weighted by Gasteiger charge is -2.40. The summed E-state index contributed by atoms with van der Waals surface area (Å²) in [5, 5.41) is 3.79. The minimum Gasteiger partial charge on any atom is -0.309 e. The maximum Gasteiger partial charge on any atom is 0.0798 e. The quantitative estimate of drug-likeness (QED) is 0.902. The van der Waals surface area contributed by atoms with Gasteiger partial charge in [0, 0.05) is 36.1 Å². The molecule has 4 rings (SSSR count). The van der Waals surface area contributed by atoms with Gasteiger partial charge in [0.2, 0.25) is 0 Å². The van der Waals surface area contributed by atoms with Crippen LogP contribution in [-0.2, 0) is 6.54 Å². The van der Waals surface area contributed by atoms with Gasteiger partial charge in [0.25, 0.3) is 0 Å². The summed E-state index contributed by atoms with van der Waals surface area (Å²) in [6, 6.07) is 13.1. The summed E-state index contributed by atoms with van der Waals surface area (Å²) in [7, 11) is 0. The fourth-order valence-electron chi connectivity index (χ4n) is 3.75. The summed E-state index contributed by atoms with van der Waals surface area (Å²) in [6.45, 7) is 4.30. The lowest BCUT2D eigenvalue weighted by atomic mass is 9.91. The highest BCUT2D eigenvalue weighted by Gasteiger charge is 2.38. The van der Waals surface area contributed by atoms with E-state index in [9.17, 15) is 0 Å². The van der Waals surface area contributed by atoms with Crippen molar-refractivity contribution < 1.29 is 0 Å². The van der Waals surface area contributed by atoms with Gasteiger partial charge < -0.3 is 5.32 Å². The summed E-state index contributed by atoms with van der Waals surface area (Å²) < 4.78 is 0. The van der Waals surface area contributed by atoms with Gasteiger partial charge in [0.1, 0.15) is 0 Å². The van der Waals surface area contributed by atoms with E-state index in [4.69, 9.17) is 0 Å². The molecule has 1 saturated carbocycles. The largest absolute Gasteiger partial charge is 0.309 e. The van der Waals surface area contributed by atoms with E-state index >= 15 is 0 Å². The van der Waals surface area contributed by atoms with Crippen LogP contribution in [0.5, 0.6) is 0 Å². The summed E-state index contributed by atoms with van der Waals surface area (Å²) >= 11 is 1.77. The second kappa shape index (κ2) is 6.71. The number of thiazole rings is 1. The standard InChI is InChI=1S/C19H25N3S/c1-14-19(23-13-21-14)12-20-16-9-10-22(17-7-8-17)18(11-16)15-5-3-2-4-6-15/h2-6,13,16-18,20H,7-12H2,1H3. The monoisotopic (exact) mass is 327 g/mol. The first kappa shape index (κ1) is 15.3. The minimum atomic E-state index is 0.581. The Morgan fingerprint density at radius 1 is 1.22 bits per heavy atom. The Morgan fingerprint density at radius 2 is 2.04 bits per heavy atom. The maximum absolute atomic E-state index is 4.36. The van der Waals surface area contributed by atoms with Crippen LogP contribution in [0.4, 0.5) is 0 Å². The third-order valence-corrected chi connectivity index (χ3v) is 6.18. The number of aromatic nitrogens is 1. The average Bonchev–Trinajstić information content (AvgIpc) is 3.36. The number of rotatable bonds is 5. The molecule has 2 heterocycles. The van der Waals surface area contributed by atoms with Crippen molar-refractivity contribution in [1.82, 2.24) is 15.2 Å². The van der Waals surface area contributed by atoms with Crippen LogP contribution < -0.4 is 5.32 Å². The minimum absolute atomic E-state index is 0.581. The lowest BCUT2D eigenvalue weighted by Crippen LogP contribution is -2.45. The lowest BCUT2D eigenvalue weighted by molar-refractivity contribution is 0.116. The molecule has 0 amide bonds. The Bertz CT molecular complexity index is 635. The van der Waals surface area contributed by atoms with Crippen molar-refractivity contribution in [3.63, 3.8) is 0 Å². The first-order valence-corrected chi connectivity index (χ1v) is 9.62. The molecule has 2 fully saturated rings. The van der Waals surface area contributed by atoms with Crippen molar-refractivity contribution in [3.8, 4) is 0 Å². The van der Waals surface area contributed by atoms with Crippen LogP contribution in [-0.4, -0.2) is 28.5 Å². The normalized spacial score (nSPS) is 25.6. The molecule has 122 valence electrons. The molecular formula is C19H25N3S. The fraction of sp³-hybridized carbons (Fsp3) is 0.526. The van der Waals surface area contributed by atoms with Crippen LogP contribution in [0.25, 0.3) is 0 Å². The average molecular weight is 327 g/mol. The Morgan fingerprint density at radius 3 is 2.74 bits per heavy atom. The molecule has 0 radical (unpaired) electrons. The molecule has 1 saturated heterocycles. The van der Waals surface area contributed by atoms with Gasteiger partial charge in [-0.15, -0.1) is 11.3 Å². The van der Waals surface area contributed by atoms with Crippen LogP contribution >= 0.6 is 11.3 Å². The van der Waals surface area contributed by atoms with Crippen molar-refractivity contribution >= 4 is 11.3 Å². The zero-order valence-corrected chi connectivity index (χ0v) is 14.6. The van der Waals surface area contributed by atoms with E-state index in [0.29, 0.717) is 12.1 Å². The van der Waals surface area contributed by atoms with E-state index in [1.807, 2.05) is 5.51 Å². The highest BCUT2D eigenvalue weighted by molar-refractivity contribution is 7.09. The van der Waals surface area contributed by atoms with Gasteiger partial charge in [-0.05, 0) is 38.2 Å². The second-order valence-electron chi connectivity index (χ2n) is 6.86. The van der Waals surface area contributed by atoms with E-state index < -0.39 is 0 Å². The molecule has 0 spiro atoms. The van der Waals surface area contributed by atoms with E-state index in [1.165, 1.54) is 48.4 Å². The highest BCUT2D eigenvalue weighted by atomic mass is 32.1. The molecule has 2 aliphatic rings. The summed E-state index contributed by atoms with van der Waals surface area (Å²) in [4.78, 5) is 8.49. The summed E-state index contributed by atoms with van der Waals surface area (Å²) in [5.74, 6) is 0. The molecule has 2 unspecified atom stereocenters. The zero-order chi connectivity index (χ0) is 15.6. The Kier molecular flexibility index (Phi) is 4.47. The first-order chi connectivity index (χ1) is 11.3. The Labute approximate surface area is 142 Å². The van der Waals surface area contributed by atoms with Gasteiger partial charge in [-0.25, -0.2) is 4.98 Å². The SMILES string of the molecule is Cc1ncsc1CNC1CCN(C2CC2)C(c2ccccc2)C1. The van der Waals surface area contributed by atoms with Crippen LogP contribution in [0.2, 0.25) is 0 Å². The van der Waals surface area contributed by atoms with Crippen LogP contribution in [0, 0.1) is 6.92 Å². The number of hydrogen-bond donors (Lipinski definition) is 1. The number of nitrogens with one attached hydrogen (secondary N) is 1. The maximum atomic E-state index is 4.36. The van der Waals surface area contributed by atoms with Gasteiger partial charge in [-0.3, -0.25) is 4.90 Å². The number of benzene rings is 1. The molecule has 1 aliphatic carbocycles. The number of nitrogens with zero attached hydrogens (tertiary/aromatic N) is 2. The molecule has 23 heavy (non-hydrogen) atoms. The van der Waals surface area contributed by atoms with Crippen LogP contribution in [0.15, 0.2) is 35.8 Å². The molecule has 3 nitrogen and oxygen atoms in total. The van der Waals surface area contributed by atoms with Gasteiger partial charge in [-0.1, -0.05) is 30.3 Å². The first-order valence-electron chi connectivity index (χ1n) is 8.74. The molecule has 1 N–H and O–H groups in total. The van der Waals surface area contributed by atoms with E-state index in [1.54, 1.807) is 11.3 Å². The number of aryl methyl sites for hydroxylation is 1. The zero-order valence-electron chi connectivity index (χ0n) is 13.7. The predicted octanol–water partition coefficient (Wildman–Crippen LogP) is 3.91. The van der Waals surface area contributed by atoms with E-state index in [2.05, 4.69) is 52.5 Å². The third kappa shape index (κ3) is 3.49. The highest BCUT2D eigenvalue weighted by Crippen LogP contribution is 2.39. The van der Waals surface area contributed by atoms with Gasteiger partial charge >= 0.3 is 0 Å². The van der Waals surface area contributed by atoms with Gasteiger partial charge in [0.05, 0.1) is 11.2 Å². The molecule has 1 aromatic heterocycles. The van der Waals surface area contributed by atoms with Crippen molar-refractivity contribution in [1.29, 1.82) is 0 Å². The molecular weight excluding hydrogens is 302 g/mol. The predicted molar refractivity (Wildman–Crippen MR) is 95.6 cm³/mol. The number of piperidine rings is 1. The summed E-state index contributed by atoms with van der Waals surface area (Å²) in [5.41, 5.74) is 4.62.